The van der Waals surface area contributed by atoms with Gasteiger partial charge in [-0.05, 0) is 36.8 Å². The molecule has 30 heavy (non-hydrogen) atoms. The minimum atomic E-state index is -0.328. The lowest BCUT2D eigenvalue weighted by molar-refractivity contribution is 0.416. The molecule has 0 aliphatic rings. The number of nitrogens with one attached hydrogen (secondary N) is 1. The minimum absolute atomic E-state index is 0.0440. The normalized spacial score (nSPS) is 11.8. The molecule has 5 nitrogen and oxygen atoms in total. The third kappa shape index (κ3) is 3.50. The van der Waals surface area contributed by atoms with E-state index in [1.165, 1.54) is 0 Å². The number of nitrogens with zero attached hydrogens (tertiary/aromatic N) is 2. The Hall–Kier alpha value is -3.73. The van der Waals surface area contributed by atoms with E-state index >= 15 is 0 Å². The van der Waals surface area contributed by atoms with E-state index in [1.54, 1.807) is 11.8 Å². The first-order chi connectivity index (χ1) is 14.6. The Morgan fingerprint density at radius 2 is 1.47 bits per heavy atom. The molecule has 0 fully saturated rings. The summed E-state index contributed by atoms with van der Waals surface area (Å²) < 4.78 is 9.15. The van der Waals surface area contributed by atoms with Gasteiger partial charge in [-0.15, -0.1) is 0 Å². The summed E-state index contributed by atoms with van der Waals surface area (Å²) in [6, 6.07) is 27.1. The predicted octanol–water partition coefficient (Wildman–Crippen LogP) is 4.69. The zero-order chi connectivity index (χ0) is 21.1. The van der Waals surface area contributed by atoms with Gasteiger partial charge in [0.2, 0.25) is 0 Å². The number of aromatic nitrogens is 2. The molecule has 4 rings (SSSR count). The second-order valence-corrected chi connectivity index (χ2v) is 7.16. The smallest absolute Gasteiger partial charge is 0.277 e. The van der Waals surface area contributed by atoms with Gasteiger partial charge in [0.1, 0.15) is 5.75 Å². The highest BCUT2D eigenvalue weighted by atomic mass is 16.5. The molecule has 5 heteroatoms. The Bertz CT molecular complexity index is 1190. The van der Waals surface area contributed by atoms with E-state index in [0.29, 0.717) is 5.56 Å². The van der Waals surface area contributed by atoms with Gasteiger partial charge in [0, 0.05) is 12.7 Å². The van der Waals surface area contributed by atoms with E-state index in [1.807, 2.05) is 104 Å². The van der Waals surface area contributed by atoms with Crippen LogP contribution in [-0.2, 0) is 7.05 Å². The fourth-order valence-electron chi connectivity index (χ4n) is 3.81. The molecule has 3 aromatic carbocycles. The van der Waals surface area contributed by atoms with Crippen LogP contribution in [0.4, 0.5) is 5.69 Å². The van der Waals surface area contributed by atoms with E-state index in [2.05, 4.69) is 5.32 Å². The molecule has 0 saturated heterocycles. The van der Waals surface area contributed by atoms with Gasteiger partial charge < -0.3 is 10.1 Å². The monoisotopic (exact) mass is 399 g/mol. The summed E-state index contributed by atoms with van der Waals surface area (Å²) in [7, 11) is 3.56. The highest BCUT2D eigenvalue weighted by Crippen LogP contribution is 2.32. The van der Waals surface area contributed by atoms with E-state index < -0.39 is 0 Å². The average molecular weight is 399 g/mol. The van der Waals surface area contributed by atoms with Crippen molar-refractivity contribution in [2.24, 2.45) is 7.05 Å². The van der Waals surface area contributed by atoms with Crippen LogP contribution >= 0.6 is 0 Å². The van der Waals surface area contributed by atoms with Gasteiger partial charge in [0.25, 0.3) is 5.56 Å². The number of ether oxygens (including phenoxy) is 1. The van der Waals surface area contributed by atoms with Crippen molar-refractivity contribution in [3.63, 3.8) is 0 Å². The highest BCUT2D eigenvalue weighted by molar-refractivity contribution is 5.59. The van der Waals surface area contributed by atoms with E-state index in [4.69, 9.17) is 4.74 Å². The maximum absolute atomic E-state index is 13.6. The van der Waals surface area contributed by atoms with Crippen molar-refractivity contribution in [1.82, 2.24) is 9.36 Å². The molecule has 152 valence electrons. The number of hydrogen-bond donors (Lipinski definition) is 1. The molecule has 0 bridgehead atoms. The molecule has 4 aromatic rings. The summed E-state index contributed by atoms with van der Waals surface area (Å²) in [6.07, 6.45) is 0. The fourth-order valence-corrected chi connectivity index (χ4v) is 3.81. The van der Waals surface area contributed by atoms with Crippen LogP contribution in [0.1, 0.15) is 22.9 Å². The molecular formula is C25H25N3O2. The van der Waals surface area contributed by atoms with Crippen LogP contribution in [0.3, 0.4) is 0 Å². The standard InChI is InChI=1S/C25H25N3O2/c1-18-23(25(29)28(27(18)2)20-14-8-5-9-15-20)24(19-12-6-4-7-13-19)26-21-16-10-11-17-22(21)30-3/h4-17,24,26H,1-3H3. The quantitative estimate of drug-likeness (QED) is 0.511. The van der Waals surface area contributed by atoms with Crippen LogP contribution in [0.15, 0.2) is 89.7 Å². The summed E-state index contributed by atoms with van der Waals surface area (Å²) >= 11 is 0. The minimum Gasteiger partial charge on any atom is -0.495 e. The Balaban J connectivity index is 1.90. The number of hydrogen-bond acceptors (Lipinski definition) is 3. The zero-order valence-corrected chi connectivity index (χ0v) is 17.4. The van der Waals surface area contributed by atoms with Crippen LogP contribution < -0.4 is 15.6 Å². The Morgan fingerprint density at radius 1 is 0.867 bits per heavy atom. The maximum atomic E-state index is 13.6. The number of benzene rings is 3. The zero-order valence-electron chi connectivity index (χ0n) is 17.4. The SMILES string of the molecule is COc1ccccc1NC(c1ccccc1)c1c(C)n(C)n(-c2ccccc2)c1=O. The predicted molar refractivity (Wildman–Crippen MR) is 121 cm³/mol. The van der Waals surface area contributed by atoms with Gasteiger partial charge >= 0.3 is 0 Å². The molecule has 1 heterocycles. The molecule has 0 aliphatic carbocycles. The van der Waals surface area contributed by atoms with Gasteiger partial charge in [0.15, 0.2) is 0 Å². The molecule has 0 spiro atoms. The lowest BCUT2D eigenvalue weighted by Crippen LogP contribution is -2.25. The van der Waals surface area contributed by atoms with Crippen LogP contribution in [-0.4, -0.2) is 16.5 Å². The molecular weight excluding hydrogens is 374 g/mol. The number of para-hydroxylation sites is 3. The number of anilines is 1. The van der Waals surface area contributed by atoms with Crippen molar-refractivity contribution in [3.8, 4) is 11.4 Å². The van der Waals surface area contributed by atoms with Crippen molar-refractivity contribution in [1.29, 1.82) is 0 Å². The van der Waals surface area contributed by atoms with E-state index in [9.17, 15) is 4.79 Å². The fraction of sp³-hybridized carbons (Fsp3) is 0.160. The third-order valence-corrected chi connectivity index (χ3v) is 5.43. The molecule has 1 unspecified atom stereocenters. The van der Waals surface area contributed by atoms with Crippen molar-refractivity contribution >= 4 is 5.69 Å². The molecule has 0 radical (unpaired) electrons. The summed E-state index contributed by atoms with van der Waals surface area (Å²) in [6.45, 7) is 1.98. The maximum Gasteiger partial charge on any atom is 0.277 e. The second kappa shape index (κ2) is 8.33. The lowest BCUT2D eigenvalue weighted by atomic mass is 9.98. The van der Waals surface area contributed by atoms with Gasteiger partial charge in [-0.2, -0.15) is 0 Å². The Labute approximate surface area is 176 Å². The Kier molecular flexibility index (Phi) is 5.44. The van der Waals surface area contributed by atoms with Crippen molar-refractivity contribution in [3.05, 3.63) is 112 Å². The molecule has 1 N–H and O–H groups in total. The molecule has 1 aromatic heterocycles. The van der Waals surface area contributed by atoms with Crippen molar-refractivity contribution in [2.45, 2.75) is 13.0 Å². The lowest BCUT2D eigenvalue weighted by Gasteiger charge is -2.21. The van der Waals surface area contributed by atoms with Crippen LogP contribution in [0, 0.1) is 6.92 Å². The summed E-state index contributed by atoms with van der Waals surface area (Å²) in [5.41, 5.74) is 4.25. The summed E-state index contributed by atoms with van der Waals surface area (Å²) in [4.78, 5) is 13.6. The Morgan fingerprint density at radius 3 is 2.13 bits per heavy atom. The molecule has 1 atom stereocenters. The first-order valence-corrected chi connectivity index (χ1v) is 9.90. The number of methoxy groups -OCH3 is 1. The molecule has 0 aliphatic heterocycles. The second-order valence-electron chi connectivity index (χ2n) is 7.16. The largest absolute Gasteiger partial charge is 0.495 e. The number of rotatable bonds is 6. The van der Waals surface area contributed by atoms with E-state index in [-0.39, 0.29) is 11.6 Å². The third-order valence-electron chi connectivity index (χ3n) is 5.43. The van der Waals surface area contributed by atoms with Crippen LogP contribution in [0.2, 0.25) is 0 Å². The van der Waals surface area contributed by atoms with Gasteiger partial charge in [-0.1, -0.05) is 60.7 Å². The van der Waals surface area contributed by atoms with Crippen molar-refractivity contribution < 1.29 is 4.74 Å². The first-order valence-electron chi connectivity index (χ1n) is 9.90. The first kappa shape index (κ1) is 19.6. The van der Waals surface area contributed by atoms with Crippen LogP contribution in [0.5, 0.6) is 5.75 Å². The van der Waals surface area contributed by atoms with Crippen molar-refractivity contribution in [2.75, 3.05) is 12.4 Å². The van der Waals surface area contributed by atoms with Gasteiger partial charge in [-0.25, -0.2) is 4.68 Å². The molecule has 0 saturated carbocycles. The summed E-state index contributed by atoms with van der Waals surface area (Å²) in [5, 5.41) is 3.55. The highest BCUT2D eigenvalue weighted by Gasteiger charge is 2.26. The average Bonchev–Trinajstić information content (AvgIpc) is 3.01. The molecule has 0 amide bonds. The van der Waals surface area contributed by atoms with Crippen LogP contribution in [0.25, 0.3) is 5.69 Å². The summed E-state index contributed by atoms with van der Waals surface area (Å²) in [5.74, 6) is 0.732. The topological polar surface area (TPSA) is 48.2 Å². The van der Waals surface area contributed by atoms with E-state index in [0.717, 1.165) is 28.4 Å². The van der Waals surface area contributed by atoms with Gasteiger partial charge in [-0.3, -0.25) is 9.48 Å². The van der Waals surface area contributed by atoms with Gasteiger partial charge in [0.05, 0.1) is 30.1 Å².